The van der Waals surface area contributed by atoms with Crippen molar-refractivity contribution in [3.63, 3.8) is 0 Å². The van der Waals surface area contributed by atoms with Crippen molar-refractivity contribution in [3.8, 4) is 5.75 Å². The zero-order valence-electron chi connectivity index (χ0n) is 15.8. The summed E-state index contributed by atoms with van der Waals surface area (Å²) in [7, 11) is 0. The summed E-state index contributed by atoms with van der Waals surface area (Å²) < 4.78 is 5.87. The number of ether oxygens (including phenoxy) is 1. The van der Waals surface area contributed by atoms with E-state index in [0.717, 1.165) is 45.8 Å². The van der Waals surface area contributed by atoms with Crippen LogP contribution >= 0.6 is 27.5 Å². The van der Waals surface area contributed by atoms with Gasteiger partial charge >= 0.3 is 0 Å². The summed E-state index contributed by atoms with van der Waals surface area (Å²) in [6.07, 6.45) is 5.66. The van der Waals surface area contributed by atoms with Crippen LogP contribution in [0.1, 0.15) is 36.0 Å². The average molecular weight is 456 g/mol. The minimum Gasteiger partial charge on any atom is -0.494 e. The van der Waals surface area contributed by atoms with Crippen LogP contribution in [0, 0.1) is 0 Å². The second-order valence-electron chi connectivity index (χ2n) is 6.60. The number of unbranched alkanes of at least 4 members (excludes halogenated alkanes) is 2. The predicted octanol–water partition coefficient (Wildman–Crippen LogP) is 7.87. The maximum Gasteiger partial charge on any atom is 0.119 e. The Morgan fingerprint density at radius 3 is 2.07 bits per heavy atom. The van der Waals surface area contributed by atoms with Crippen LogP contribution in [0.4, 0.5) is 0 Å². The summed E-state index contributed by atoms with van der Waals surface area (Å²) in [6.45, 7) is 0.760. The van der Waals surface area contributed by atoms with Crippen molar-refractivity contribution in [2.75, 3.05) is 11.9 Å². The smallest absolute Gasteiger partial charge is 0.119 e. The molecule has 144 valence electrons. The maximum absolute atomic E-state index is 6.08. The molecule has 3 aromatic carbocycles. The molecule has 0 fully saturated rings. The van der Waals surface area contributed by atoms with Gasteiger partial charge in [0.25, 0.3) is 0 Å². The first-order valence-electron chi connectivity index (χ1n) is 9.58. The third-order valence-electron chi connectivity index (χ3n) is 4.48. The first-order valence-corrected chi connectivity index (χ1v) is 11.1. The Morgan fingerprint density at radius 2 is 1.43 bits per heavy atom. The first kappa shape index (κ1) is 20.7. The van der Waals surface area contributed by atoms with E-state index in [1.165, 1.54) is 18.4 Å². The van der Waals surface area contributed by atoms with Crippen LogP contribution in [-0.2, 0) is 0 Å². The molecule has 0 aliphatic rings. The van der Waals surface area contributed by atoms with E-state index in [4.69, 9.17) is 16.3 Å². The Balaban J connectivity index is 1.80. The lowest BCUT2D eigenvalue weighted by Gasteiger charge is -2.11. The molecule has 0 saturated carbocycles. The molecule has 0 radical (unpaired) electrons. The van der Waals surface area contributed by atoms with E-state index in [2.05, 4.69) is 82.7 Å². The van der Waals surface area contributed by atoms with E-state index < -0.39 is 0 Å². The van der Waals surface area contributed by atoms with E-state index in [-0.39, 0.29) is 0 Å². The number of hydrogen-bond acceptors (Lipinski definition) is 1. The molecule has 3 rings (SSSR count). The molecule has 0 heterocycles. The number of benzene rings is 3. The van der Waals surface area contributed by atoms with E-state index >= 15 is 0 Å². The Hall–Kier alpha value is -2.03. The minimum atomic E-state index is 0.742. The standard InChI is InChI=1S/C25H24BrClO/c26-17-5-2-6-18-28-24-15-11-22(12-16-24)25(19-20-7-3-1-4-8-20)21-9-13-23(27)14-10-21/h1,3-4,7-16,19H,2,5-6,17-18H2/b25-19-. The molecule has 3 heteroatoms. The van der Waals surface area contributed by atoms with Crippen LogP contribution in [0.5, 0.6) is 5.75 Å². The second kappa shape index (κ2) is 11.1. The molecule has 0 aromatic heterocycles. The fraction of sp³-hybridized carbons (Fsp3) is 0.200. The highest BCUT2D eigenvalue weighted by Crippen LogP contribution is 2.28. The number of rotatable bonds is 9. The summed E-state index contributed by atoms with van der Waals surface area (Å²) >= 11 is 9.55. The highest BCUT2D eigenvalue weighted by molar-refractivity contribution is 9.09. The van der Waals surface area contributed by atoms with E-state index in [9.17, 15) is 0 Å². The van der Waals surface area contributed by atoms with Gasteiger partial charge in [0.1, 0.15) is 5.75 Å². The third-order valence-corrected chi connectivity index (χ3v) is 5.29. The van der Waals surface area contributed by atoms with E-state index in [1.807, 2.05) is 18.2 Å². The Labute approximate surface area is 181 Å². The molecule has 0 aliphatic heterocycles. The highest BCUT2D eigenvalue weighted by Gasteiger charge is 2.07. The summed E-state index contributed by atoms with van der Waals surface area (Å²) in [4.78, 5) is 0. The molecule has 1 nitrogen and oxygen atoms in total. The van der Waals surface area contributed by atoms with Crippen LogP contribution in [0.2, 0.25) is 5.02 Å². The Morgan fingerprint density at radius 1 is 0.786 bits per heavy atom. The topological polar surface area (TPSA) is 9.23 Å². The van der Waals surface area contributed by atoms with E-state index in [1.54, 1.807) is 0 Å². The zero-order chi connectivity index (χ0) is 19.6. The van der Waals surface area contributed by atoms with Crippen LogP contribution < -0.4 is 4.74 Å². The van der Waals surface area contributed by atoms with Crippen LogP contribution in [0.15, 0.2) is 78.9 Å². The SMILES string of the molecule is Clc1ccc(/C(=C/c2ccccc2)c2ccc(OCCCCCBr)cc2)cc1. The van der Waals surface area contributed by atoms with Crippen LogP contribution in [-0.4, -0.2) is 11.9 Å². The van der Waals surface area contributed by atoms with Gasteiger partial charge in [-0.2, -0.15) is 0 Å². The first-order chi connectivity index (χ1) is 13.8. The predicted molar refractivity (Wildman–Crippen MR) is 124 cm³/mol. The van der Waals surface area contributed by atoms with Crippen molar-refractivity contribution < 1.29 is 4.74 Å². The van der Waals surface area contributed by atoms with Gasteiger partial charge in [-0.15, -0.1) is 0 Å². The van der Waals surface area contributed by atoms with Gasteiger partial charge < -0.3 is 4.74 Å². The minimum absolute atomic E-state index is 0.742. The molecule has 0 atom stereocenters. The molecule has 28 heavy (non-hydrogen) atoms. The largest absolute Gasteiger partial charge is 0.494 e. The van der Waals surface area contributed by atoms with Gasteiger partial charge in [-0.1, -0.05) is 82.1 Å². The summed E-state index contributed by atoms with van der Waals surface area (Å²) in [6, 6.07) is 26.7. The van der Waals surface area contributed by atoms with Crippen molar-refractivity contribution in [2.45, 2.75) is 19.3 Å². The lowest BCUT2D eigenvalue weighted by molar-refractivity contribution is 0.306. The monoisotopic (exact) mass is 454 g/mol. The zero-order valence-corrected chi connectivity index (χ0v) is 18.1. The van der Waals surface area contributed by atoms with Crippen molar-refractivity contribution in [1.29, 1.82) is 0 Å². The van der Waals surface area contributed by atoms with Crippen molar-refractivity contribution in [3.05, 3.63) is 101 Å². The normalized spacial score (nSPS) is 11.4. The molecule has 0 amide bonds. The van der Waals surface area contributed by atoms with Crippen LogP contribution in [0.25, 0.3) is 11.6 Å². The summed E-state index contributed by atoms with van der Waals surface area (Å²) in [5.74, 6) is 0.915. The molecule has 0 saturated heterocycles. The quantitative estimate of drug-likeness (QED) is 0.181. The van der Waals surface area contributed by atoms with Gasteiger partial charge in [-0.25, -0.2) is 0 Å². The lowest BCUT2D eigenvalue weighted by Crippen LogP contribution is -1.97. The fourth-order valence-corrected chi connectivity index (χ4v) is 3.50. The van der Waals surface area contributed by atoms with Gasteiger partial charge in [0.2, 0.25) is 0 Å². The lowest BCUT2D eigenvalue weighted by atomic mass is 9.95. The van der Waals surface area contributed by atoms with Gasteiger partial charge in [-0.05, 0) is 71.9 Å². The fourth-order valence-electron chi connectivity index (χ4n) is 2.97. The highest BCUT2D eigenvalue weighted by atomic mass is 79.9. The summed E-state index contributed by atoms with van der Waals surface area (Å²) in [5, 5.41) is 1.80. The van der Waals surface area contributed by atoms with Crippen molar-refractivity contribution in [2.24, 2.45) is 0 Å². The van der Waals surface area contributed by atoms with Gasteiger partial charge in [0.05, 0.1) is 6.61 Å². The second-order valence-corrected chi connectivity index (χ2v) is 7.83. The van der Waals surface area contributed by atoms with Gasteiger partial charge in [0, 0.05) is 10.4 Å². The molecule has 0 spiro atoms. The number of halogens is 2. The Bertz CT molecular complexity index is 871. The third kappa shape index (κ3) is 6.25. The molecular weight excluding hydrogens is 432 g/mol. The van der Waals surface area contributed by atoms with E-state index in [0.29, 0.717) is 0 Å². The molecule has 0 N–H and O–H groups in total. The number of alkyl halides is 1. The molecule has 3 aromatic rings. The maximum atomic E-state index is 6.08. The summed E-state index contributed by atoms with van der Waals surface area (Å²) in [5.41, 5.74) is 4.61. The molecule has 0 bridgehead atoms. The average Bonchev–Trinajstić information content (AvgIpc) is 2.74. The van der Waals surface area contributed by atoms with Gasteiger partial charge in [0.15, 0.2) is 0 Å². The Kier molecular flexibility index (Phi) is 8.20. The van der Waals surface area contributed by atoms with Crippen LogP contribution in [0.3, 0.4) is 0 Å². The van der Waals surface area contributed by atoms with Crippen molar-refractivity contribution in [1.82, 2.24) is 0 Å². The molecule has 0 unspecified atom stereocenters. The molecular formula is C25H24BrClO. The molecule has 0 aliphatic carbocycles. The van der Waals surface area contributed by atoms with Crippen molar-refractivity contribution >= 4 is 39.2 Å². The van der Waals surface area contributed by atoms with Gasteiger partial charge in [-0.3, -0.25) is 0 Å². The number of hydrogen-bond donors (Lipinski definition) is 0.